The van der Waals surface area contributed by atoms with Gasteiger partial charge < -0.3 is 19.1 Å². The van der Waals surface area contributed by atoms with Gasteiger partial charge in [0.15, 0.2) is 0 Å². The highest BCUT2D eigenvalue weighted by Crippen LogP contribution is 2.20. The van der Waals surface area contributed by atoms with Crippen LogP contribution < -0.4 is 0 Å². The summed E-state index contributed by atoms with van der Waals surface area (Å²) in [6.07, 6.45) is 6.88. The van der Waals surface area contributed by atoms with Crippen LogP contribution in [-0.2, 0) is 22.5 Å². The third-order valence-electron chi connectivity index (χ3n) is 5.80. The van der Waals surface area contributed by atoms with Gasteiger partial charge in [-0.15, -0.1) is 0 Å². The minimum Gasteiger partial charge on any atom is -0.450 e. The summed E-state index contributed by atoms with van der Waals surface area (Å²) in [6.45, 7) is 10.1. The number of carbonyl (C=O) groups is 2. The maximum absolute atomic E-state index is 12.6. The third-order valence-corrected chi connectivity index (χ3v) is 5.80. The molecule has 2 aliphatic rings. The van der Waals surface area contributed by atoms with Gasteiger partial charge in [0, 0.05) is 51.5 Å². The second-order valence-electron chi connectivity index (χ2n) is 7.64. The highest BCUT2D eigenvalue weighted by Gasteiger charge is 2.27. The summed E-state index contributed by atoms with van der Waals surface area (Å²) < 4.78 is 7.30. The third kappa shape index (κ3) is 5.25. The molecule has 0 spiro atoms. The zero-order valence-corrected chi connectivity index (χ0v) is 17.2. The van der Waals surface area contributed by atoms with Crippen molar-refractivity contribution in [2.75, 3.05) is 52.4 Å². The fourth-order valence-corrected chi connectivity index (χ4v) is 4.07. The predicted molar refractivity (Wildman–Crippen MR) is 106 cm³/mol. The molecular formula is C20H33N5O3. The van der Waals surface area contributed by atoms with E-state index in [1.54, 1.807) is 11.8 Å². The molecule has 0 unspecified atom stereocenters. The van der Waals surface area contributed by atoms with Crippen LogP contribution in [0.15, 0.2) is 12.4 Å². The van der Waals surface area contributed by atoms with Gasteiger partial charge in [0.2, 0.25) is 5.91 Å². The Hall–Kier alpha value is -2.09. The van der Waals surface area contributed by atoms with Crippen LogP contribution >= 0.6 is 0 Å². The maximum Gasteiger partial charge on any atom is 0.409 e. The molecule has 1 aromatic heterocycles. The van der Waals surface area contributed by atoms with E-state index in [4.69, 9.17) is 4.74 Å². The lowest BCUT2D eigenvalue weighted by Crippen LogP contribution is -2.53. The average Bonchev–Trinajstić information content (AvgIpc) is 3.17. The number of piperidine rings is 1. The van der Waals surface area contributed by atoms with Crippen molar-refractivity contribution in [3.63, 3.8) is 0 Å². The molecule has 28 heavy (non-hydrogen) atoms. The zero-order chi connectivity index (χ0) is 19.9. The summed E-state index contributed by atoms with van der Waals surface area (Å²) in [5, 5.41) is 0. The average molecular weight is 392 g/mol. The van der Waals surface area contributed by atoms with Crippen LogP contribution in [0.2, 0.25) is 0 Å². The van der Waals surface area contributed by atoms with Gasteiger partial charge >= 0.3 is 6.09 Å². The molecule has 8 heteroatoms. The van der Waals surface area contributed by atoms with Gasteiger partial charge in [-0.3, -0.25) is 9.69 Å². The molecule has 156 valence electrons. The SMILES string of the molecule is CCOC(=O)N1CCN(C(=O)CN2CCC(Cn3ccnc3CC)CC2)CC1. The van der Waals surface area contributed by atoms with E-state index in [0.29, 0.717) is 45.2 Å². The Morgan fingerprint density at radius 3 is 2.39 bits per heavy atom. The molecule has 0 aliphatic carbocycles. The topological polar surface area (TPSA) is 70.9 Å². The van der Waals surface area contributed by atoms with Crippen LogP contribution in [0.5, 0.6) is 0 Å². The lowest BCUT2D eigenvalue weighted by Gasteiger charge is -2.36. The molecule has 0 aromatic carbocycles. The van der Waals surface area contributed by atoms with Crippen molar-refractivity contribution in [2.24, 2.45) is 5.92 Å². The number of amides is 2. The Morgan fingerprint density at radius 1 is 1.07 bits per heavy atom. The fourth-order valence-electron chi connectivity index (χ4n) is 4.07. The summed E-state index contributed by atoms with van der Waals surface area (Å²) >= 11 is 0. The summed E-state index contributed by atoms with van der Waals surface area (Å²) in [6, 6.07) is 0. The van der Waals surface area contributed by atoms with Crippen molar-refractivity contribution in [3.05, 3.63) is 18.2 Å². The van der Waals surface area contributed by atoms with Crippen LogP contribution in [0.4, 0.5) is 4.79 Å². The maximum atomic E-state index is 12.6. The highest BCUT2D eigenvalue weighted by atomic mass is 16.6. The van der Waals surface area contributed by atoms with E-state index < -0.39 is 0 Å². The van der Waals surface area contributed by atoms with Crippen LogP contribution in [0, 0.1) is 5.92 Å². The van der Waals surface area contributed by atoms with E-state index in [9.17, 15) is 9.59 Å². The van der Waals surface area contributed by atoms with E-state index in [-0.39, 0.29) is 12.0 Å². The second kappa shape index (κ2) is 9.91. The van der Waals surface area contributed by atoms with E-state index >= 15 is 0 Å². The number of rotatable bonds is 6. The van der Waals surface area contributed by atoms with Crippen molar-refractivity contribution in [1.82, 2.24) is 24.3 Å². The van der Waals surface area contributed by atoms with E-state index in [0.717, 1.165) is 44.7 Å². The predicted octanol–water partition coefficient (Wildman–Crippen LogP) is 1.46. The first-order valence-corrected chi connectivity index (χ1v) is 10.5. The molecule has 0 atom stereocenters. The Labute approximate surface area is 167 Å². The molecule has 0 saturated carbocycles. The monoisotopic (exact) mass is 391 g/mol. The molecule has 0 N–H and O–H groups in total. The van der Waals surface area contributed by atoms with Gasteiger partial charge in [-0.2, -0.15) is 0 Å². The number of imidazole rings is 1. The summed E-state index contributed by atoms with van der Waals surface area (Å²) in [5.41, 5.74) is 0. The van der Waals surface area contributed by atoms with Crippen molar-refractivity contribution in [2.45, 2.75) is 39.7 Å². The van der Waals surface area contributed by atoms with Gasteiger partial charge in [-0.05, 0) is 38.8 Å². The Balaban J connectivity index is 1.38. The molecule has 3 rings (SSSR count). The van der Waals surface area contributed by atoms with Crippen molar-refractivity contribution in [1.29, 1.82) is 0 Å². The van der Waals surface area contributed by atoms with Crippen LogP contribution in [0.1, 0.15) is 32.5 Å². The minimum atomic E-state index is -0.277. The lowest BCUT2D eigenvalue weighted by atomic mass is 9.96. The number of piperazine rings is 1. The van der Waals surface area contributed by atoms with Gasteiger partial charge in [-0.1, -0.05) is 6.92 Å². The Kier molecular flexibility index (Phi) is 7.30. The lowest BCUT2D eigenvalue weighted by molar-refractivity contribution is -0.134. The van der Waals surface area contributed by atoms with E-state index in [1.807, 2.05) is 11.1 Å². The van der Waals surface area contributed by atoms with Crippen molar-refractivity contribution < 1.29 is 14.3 Å². The number of ether oxygens (including phenoxy) is 1. The molecule has 0 radical (unpaired) electrons. The molecule has 1 aromatic rings. The van der Waals surface area contributed by atoms with Crippen LogP contribution in [0.3, 0.4) is 0 Å². The number of hydrogen-bond acceptors (Lipinski definition) is 5. The first-order valence-electron chi connectivity index (χ1n) is 10.5. The number of carbonyl (C=O) groups excluding carboxylic acids is 2. The smallest absolute Gasteiger partial charge is 0.409 e. The first kappa shape index (κ1) is 20.6. The molecule has 2 fully saturated rings. The molecule has 2 amide bonds. The number of likely N-dealkylation sites (tertiary alicyclic amines) is 1. The first-order chi connectivity index (χ1) is 13.6. The Morgan fingerprint density at radius 2 is 1.75 bits per heavy atom. The highest BCUT2D eigenvalue weighted by molar-refractivity contribution is 5.78. The molecule has 2 aliphatic heterocycles. The van der Waals surface area contributed by atoms with Crippen LogP contribution in [0.25, 0.3) is 0 Å². The van der Waals surface area contributed by atoms with Gasteiger partial charge in [0.1, 0.15) is 5.82 Å². The summed E-state index contributed by atoms with van der Waals surface area (Å²) in [4.78, 5) is 34.6. The molecule has 2 saturated heterocycles. The zero-order valence-electron chi connectivity index (χ0n) is 17.2. The largest absolute Gasteiger partial charge is 0.450 e. The fraction of sp³-hybridized carbons (Fsp3) is 0.750. The van der Waals surface area contributed by atoms with E-state index in [1.165, 1.54) is 0 Å². The Bertz CT molecular complexity index is 646. The van der Waals surface area contributed by atoms with Crippen molar-refractivity contribution >= 4 is 12.0 Å². The number of nitrogens with zero attached hydrogens (tertiary/aromatic N) is 5. The van der Waals surface area contributed by atoms with E-state index in [2.05, 4.69) is 27.6 Å². The minimum absolute atomic E-state index is 0.171. The standard InChI is InChI=1S/C20H33N5O3/c1-3-18-21-7-10-25(18)15-17-5-8-22(9-6-17)16-19(26)23-11-13-24(14-12-23)20(27)28-4-2/h7,10,17H,3-6,8-9,11-16H2,1-2H3. The summed E-state index contributed by atoms with van der Waals surface area (Å²) in [5.74, 6) is 1.98. The quantitative estimate of drug-likeness (QED) is 0.734. The molecule has 8 nitrogen and oxygen atoms in total. The molecular weight excluding hydrogens is 358 g/mol. The van der Waals surface area contributed by atoms with Crippen molar-refractivity contribution in [3.8, 4) is 0 Å². The van der Waals surface area contributed by atoms with Gasteiger partial charge in [-0.25, -0.2) is 9.78 Å². The number of hydrogen-bond donors (Lipinski definition) is 0. The molecule has 0 bridgehead atoms. The second-order valence-corrected chi connectivity index (χ2v) is 7.64. The number of aromatic nitrogens is 2. The normalized spacial score (nSPS) is 19.1. The van der Waals surface area contributed by atoms with Gasteiger partial charge in [0.25, 0.3) is 0 Å². The molecule has 3 heterocycles. The number of aryl methyl sites for hydroxylation is 1. The van der Waals surface area contributed by atoms with Gasteiger partial charge in [0.05, 0.1) is 13.2 Å². The summed E-state index contributed by atoms with van der Waals surface area (Å²) in [7, 11) is 0. The van der Waals surface area contributed by atoms with Crippen LogP contribution in [-0.4, -0.2) is 88.7 Å².